The molecule has 0 saturated heterocycles. The fraction of sp³-hybridized carbons (Fsp3) is 0.500. The van der Waals surface area contributed by atoms with E-state index in [1.54, 1.807) is 13.8 Å². The number of hydrogen-bond acceptors (Lipinski definition) is 1. The van der Waals surface area contributed by atoms with Crippen molar-refractivity contribution in [3.63, 3.8) is 0 Å². The van der Waals surface area contributed by atoms with Crippen molar-refractivity contribution in [2.45, 2.75) is 32.4 Å². The summed E-state index contributed by atoms with van der Waals surface area (Å²) < 4.78 is 49.2. The van der Waals surface area contributed by atoms with E-state index in [1.165, 1.54) is 0 Å². The van der Waals surface area contributed by atoms with Crippen molar-refractivity contribution in [3.8, 4) is 0 Å². The molecule has 0 atom stereocenters. The molecule has 0 aliphatic carbocycles. The van der Waals surface area contributed by atoms with Crippen LogP contribution in [-0.2, 0) is 6.42 Å². The average Bonchev–Trinajstić information content (AvgIpc) is 2.05. The number of hydrogen-bond donors (Lipinski definition) is 0. The molecule has 0 aliphatic heterocycles. The number of rotatable bonds is 2. The molecule has 0 aromatic carbocycles. The van der Waals surface area contributed by atoms with Crippen molar-refractivity contribution in [3.05, 3.63) is 29.3 Å². The highest BCUT2D eigenvalue weighted by atomic mass is 19.4. The van der Waals surface area contributed by atoms with Crippen molar-refractivity contribution in [2.75, 3.05) is 0 Å². The quantitative estimate of drug-likeness (QED) is 0.697. The molecule has 0 radical (unpaired) electrons. The second-order valence-corrected chi connectivity index (χ2v) is 3.65. The second kappa shape index (κ2) is 4.16. The molecule has 0 bridgehead atoms. The van der Waals surface area contributed by atoms with Crippen LogP contribution in [0.1, 0.15) is 31.0 Å². The van der Waals surface area contributed by atoms with Gasteiger partial charge in [-0.3, -0.25) is 4.98 Å². The third kappa shape index (κ3) is 3.49. The lowest BCUT2D eigenvalue weighted by Crippen LogP contribution is -2.13. The molecule has 1 aromatic rings. The normalized spacial score (nSPS) is 12.2. The number of aromatic nitrogens is 1. The molecule has 15 heavy (non-hydrogen) atoms. The van der Waals surface area contributed by atoms with Crippen LogP contribution in [0.3, 0.4) is 0 Å². The van der Waals surface area contributed by atoms with Gasteiger partial charge in [0.2, 0.25) is 0 Å². The fourth-order valence-corrected chi connectivity index (χ4v) is 1.14. The monoisotopic (exact) mass is 221 g/mol. The molecule has 0 aliphatic rings. The third-order valence-electron chi connectivity index (χ3n) is 1.93. The molecule has 1 nitrogen and oxygen atoms in total. The molecular weight excluding hydrogens is 210 g/mol. The zero-order chi connectivity index (χ0) is 11.6. The van der Waals surface area contributed by atoms with Gasteiger partial charge in [-0.1, -0.05) is 13.8 Å². The van der Waals surface area contributed by atoms with Crippen LogP contribution >= 0.6 is 0 Å². The summed E-state index contributed by atoms with van der Waals surface area (Å²) in [5.41, 5.74) is 0.0466. The summed E-state index contributed by atoms with van der Waals surface area (Å²) in [5, 5.41) is 0. The lowest BCUT2D eigenvalue weighted by atomic mass is 10.1. The molecule has 0 unspecified atom stereocenters. The van der Waals surface area contributed by atoms with E-state index >= 15 is 0 Å². The van der Waals surface area contributed by atoms with Crippen LogP contribution in [-0.4, -0.2) is 11.2 Å². The molecule has 1 heterocycles. The third-order valence-corrected chi connectivity index (χ3v) is 1.93. The van der Waals surface area contributed by atoms with Crippen molar-refractivity contribution < 1.29 is 17.6 Å². The lowest BCUT2D eigenvalue weighted by molar-refractivity contribution is -0.127. The molecule has 0 spiro atoms. The predicted octanol–water partition coefficient (Wildman–Crippen LogP) is 3.45. The molecule has 0 N–H and O–H groups in total. The van der Waals surface area contributed by atoms with E-state index in [-0.39, 0.29) is 5.92 Å². The van der Waals surface area contributed by atoms with Crippen LogP contribution in [0.2, 0.25) is 0 Å². The Morgan fingerprint density at radius 2 is 1.93 bits per heavy atom. The van der Waals surface area contributed by atoms with Gasteiger partial charge < -0.3 is 0 Å². The summed E-state index contributed by atoms with van der Waals surface area (Å²) in [5.74, 6) is -0.842. The molecular formula is C10H11F4N. The Bertz CT molecular complexity index is 344. The highest BCUT2D eigenvalue weighted by Crippen LogP contribution is 2.23. The van der Waals surface area contributed by atoms with E-state index in [0.717, 1.165) is 12.3 Å². The van der Waals surface area contributed by atoms with Crippen LogP contribution in [0.5, 0.6) is 0 Å². The Labute approximate surface area is 85.1 Å². The topological polar surface area (TPSA) is 12.9 Å². The maximum absolute atomic E-state index is 13.2. The Balaban J connectivity index is 2.94. The zero-order valence-electron chi connectivity index (χ0n) is 8.40. The van der Waals surface area contributed by atoms with Gasteiger partial charge in [0, 0.05) is 17.5 Å². The van der Waals surface area contributed by atoms with Crippen molar-refractivity contribution in [1.82, 2.24) is 4.98 Å². The summed E-state index contributed by atoms with van der Waals surface area (Å²) in [7, 11) is 0. The Morgan fingerprint density at radius 1 is 1.33 bits per heavy atom. The van der Waals surface area contributed by atoms with E-state index in [0.29, 0.717) is 5.69 Å². The zero-order valence-corrected chi connectivity index (χ0v) is 8.40. The summed E-state index contributed by atoms with van der Waals surface area (Å²) in [4.78, 5) is 3.78. The summed E-state index contributed by atoms with van der Waals surface area (Å²) >= 11 is 0. The molecule has 84 valence electrons. The van der Waals surface area contributed by atoms with Gasteiger partial charge in [-0.25, -0.2) is 4.39 Å². The van der Waals surface area contributed by atoms with Gasteiger partial charge in [-0.05, 0) is 12.0 Å². The van der Waals surface area contributed by atoms with Crippen molar-refractivity contribution in [1.29, 1.82) is 0 Å². The first-order valence-electron chi connectivity index (χ1n) is 4.50. The number of pyridine rings is 1. The molecule has 5 heteroatoms. The van der Waals surface area contributed by atoms with Gasteiger partial charge in [0.05, 0.1) is 6.42 Å². The first-order valence-corrected chi connectivity index (χ1v) is 4.50. The van der Waals surface area contributed by atoms with Gasteiger partial charge in [-0.15, -0.1) is 0 Å². The number of halogens is 4. The maximum Gasteiger partial charge on any atom is 0.393 e. The lowest BCUT2D eigenvalue weighted by Gasteiger charge is -2.09. The minimum Gasteiger partial charge on any atom is -0.261 e. The number of nitrogens with zero attached hydrogens (tertiary/aromatic N) is 1. The SMILES string of the molecule is CC(C)c1cc(F)c(CC(F)(F)F)cn1. The highest BCUT2D eigenvalue weighted by molar-refractivity contribution is 5.19. The van der Waals surface area contributed by atoms with Gasteiger partial charge in [-0.2, -0.15) is 13.2 Å². The van der Waals surface area contributed by atoms with Crippen LogP contribution in [0.4, 0.5) is 17.6 Å². The minimum atomic E-state index is -4.40. The summed E-state index contributed by atoms with van der Waals surface area (Å²) in [6.45, 7) is 3.59. The molecule has 1 rings (SSSR count). The van der Waals surface area contributed by atoms with Gasteiger partial charge in [0.15, 0.2) is 0 Å². The van der Waals surface area contributed by atoms with E-state index < -0.39 is 24.0 Å². The summed E-state index contributed by atoms with van der Waals surface area (Å²) in [6.07, 6.45) is -4.72. The smallest absolute Gasteiger partial charge is 0.261 e. The molecule has 0 amide bonds. The maximum atomic E-state index is 13.2. The minimum absolute atomic E-state index is 0.000522. The van der Waals surface area contributed by atoms with Crippen LogP contribution < -0.4 is 0 Å². The van der Waals surface area contributed by atoms with E-state index in [1.807, 2.05) is 0 Å². The first kappa shape index (κ1) is 11.9. The van der Waals surface area contributed by atoms with Gasteiger partial charge in [0.25, 0.3) is 0 Å². The highest BCUT2D eigenvalue weighted by Gasteiger charge is 2.29. The van der Waals surface area contributed by atoms with Crippen LogP contribution in [0.25, 0.3) is 0 Å². The average molecular weight is 221 g/mol. The van der Waals surface area contributed by atoms with Crippen molar-refractivity contribution in [2.24, 2.45) is 0 Å². The van der Waals surface area contributed by atoms with E-state index in [9.17, 15) is 17.6 Å². The fourth-order valence-electron chi connectivity index (χ4n) is 1.14. The van der Waals surface area contributed by atoms with Crippen molar-refractivity contribution >= 4 is 0 Å². The molecule has 1 aromatic heterocycles. The van der Waals surface area contributed by atoms with Crippen LogP contribution in [0.15, 0.2) is 12.3 Å². The standard InChI is InChI=1S/C10H11F4N/c1-6(2)9-3-8(11)7(5-15-9)4-10(12,13)14/h3,5-6H,4H2,1-2H3. The summed E-state index contributed by atoms with van der Waals surface area (Å²) in [6, 6.07) is 1.06. The van der Waals surface area contributed by atoms with Gasteiger partial charge >= 0.3 is 6.18 Å². The van der Waals surface area contributed by atoms with E-state index in [4.69, 9.17) is 0 Å². The van der Waals surface area contributed by atoms with E-state index in [2.05, 4.69) is 4.98 Å². The van der Waals surface area contributed by atoms with Crippen LogP contribution in [0, 0.1) is 5.82 Å². The molecule has 0 fully saturated rings. The molecule has 0 saturated carbocycles. The van der Waals surface area contributed by atoms with Gasteiger partial charge in [0.1, 0.15) is 5.82 Å². The number of alkyl halides is 3. The first-order chi connectivity index (χ1) is 6.79. The Morgan fingerprint density at radius 3 is 2.33 bits per heavy atom. The predicted molar refractivity (Wildman–Crippen MR) is 48.0 cm³/mol. The second-order valence-electron chi connectivity index (χ2n) is 3.65. The largest absolute Gasteiger partial charge is 0.393 e. The Hall–Kier alpha value is -1.13. The Kier molecular flexibility index (Phi) is 3.31.